The molecule has 226 valence electrons. The van der Waals surface area contributed by atoms with Crippen LogP contribution in [0.3, 0.4) is 0 Å². The standard InChI is InChI=1S/C31H40N4O7/c1-21(32-27(36)19-35-13-15-41-16-14-35)29(38)34-26(18-23-9-11-24(40-3)12-10-23)30(39)33-25(28(37)31(2)20-42-31)17-22-7-5-4-6-8-22/h4-12,21,25-26H,13-20H2,1-3H3,(H,32,36)(H,33,39)(H,34,38)/p+1/t21?,25?,26-,31?/m0/s1. The van der Waals surface area contributed by atoms with Crippen LogP contribution in [0.5, 0.6) is 5.75 Å². The molecule has 2 aliphatic rings. The van der Waals surface area contributed by atoms with E-state index in [1.807, 2.05) is 47.4 Å². The second-order valence-electron chi connectivity index (χ2n) is 11.0. The molecular formula is C31H41N4O7+. The minimum atomic E-state index is -1.01. The summed E-state index contributed by atoms with van der Waals surface area (Å²) in [6.45, 7) is 6.52. The number of ether oxygens (including phenoxy) is 3. The SMILES string of the molecule is COc1ccc(C[C@H](NC(=O)C(C)NC(=O)CN2CC[OH+]CC2)C(=O)NC(Cc2ccccc2)C(=O)C2(C)CO2)cc1. The van der Waals surface area contributed by atoms with Crippen molar-refractivity contribution in [3.8, 4) is 5.75 Å². The van der Waals surface area contributed by atoms with Gasteiger partial charge in [-0.3, -0.25) is 24.1 Å². The fraction of sp³-hybridized carbons (Fsp3) is 0.484. The first-order valence-corrected chi connectivity index (χ1v) is 14.3. The van der Waals surface area contributed by atoms with E-state index in [1.54, 1.807) is 33.1 Å². The predicted molar refractivity (Wildman–Crippen MR) is 156 cm³/mol. The number of carbonyl (C=O) groups excluding carboxylic acids is 4. The van der Waals surface area contributed by atoms with E-state index in [9.17, 15) is 19.2 Å². The maximum absolute atomic E-state index is 13.7. The Morgan fingerprint density at radius 2 is 1.50 bits per heavy atom. The molecule has 2 aromatic carbocycles. The normalized spacial score (nSPS) is 20.5. The monoisotopic (exact) mass is 581 g/mol. The highest BCUT2D eigenvalue weighted by atomic mass is 16.6. The summed E-state index contributed by atoms with van der Waals surface area (Å²) in [5.41, 5.74) is 0.727. The average Bonchev–Trinajstić information content (AvgIpc) is 3.75. The second kappa shape index (κ2) is 14.4. The summed E-state index contributed by atoms with van der Waals surface area (Å²) in [5.74, 6) is -0.849. The number of carbonyl (C=O) groups is 4. The van der Waals surface area contributed by atoms with Gasteiger partial charge in [-0.1, -0.05) is 42.5 Å². The van der Waals surface area contributed by atoms with Crippen LogP contribution >= 0.6 is 0 Å². The highest BCUT2D eigenvalue weighted by molar-refractivity contribution is 5.98. The summed E-state index contributed by atoms with van der Waals surface area (Å²) in [4.78, 5) is 54.8. The Morgan fingerprint density at radius 1 is 0.905 bits per heavy atom. The third kappa shape index (κ3) is 8.85. The van der Waals surface area contributed by atoms with Crippen LogP contribution in [0.1, 0.15) is 25.0 Å². The Bertz CT molecular complexity index is 1230. The third-order valence-corrected chi connectivity index (χ3v) is 7.53. The van der Waals surface area contributed by atoms with E-state index in [4.69, 9.17) is 9.47 Å². The lowest BCUT2D eigenvalue weighted by Crippen LogP contribution is -2.57. The lowest BCUT2D eigenvalue weighted by Gasteiger charge is -2.26. The molecule has 4 atom stereocenters. The minimum Gasteiger partial charge on any atom is -0.497 e. The van der Waals surface area contributed by atoms with E-state index in [0.717, 1.165) is 11.1 Å². The van der Waals surface area contributed by atoms with Crippen LogP contribution in [-0.2, 0) is 36.8 Å². The molecule has 0 aromatic heterocycles. The van der Waals surface area contributed by atoms with Gasteiger partial charge in [0, 0.05) is 6.42 Å². The molecule has 0 aliphatic carbocycles. The lowest BCUT2D eigenvalue weighted by atomic mass is 9.94. The number of benzene rings is 2. The number of hydrogen-bond acceptors (Lipinski definition) is 7. The molecule has 11 nitrogen and oxygen atoms in total. The number of aliphatic hydroxyl groups is 2. The first kappa shape index (κ1) is 31.1. The van der Waals surface area contributed by atoms with Gasteiger partial charge in [0.2, 0.25) is 17.7 Å². The number of nitrogens with zero attached hydrogens (tertiary/aromatic N) is 1. The molecule has 2 aromatic rings. The van der Waals surface area contributed by atoms with Crippen molar-refractivity contribution >= 4 is 23.5 Å². The van der Waals surface area contributed by atoms with Gasteiger partial charge in [-0.2, -0.15) is 0 Å². The molecule has 42 heavy (non-hydrogen) atoms. The molecule has 0 radical (unpaired) electrons. The number of morpholine rings is 1. The third-order valence-electron chi connectivity index (χ3n) is 7.53. The number of ketones is 1. The van der Waals surface area contributed by atoms with E-state index in [2.05, 4.69) is 20.7 Å². The number of hydrogen-bond donors (Lipinski definition) is 3. The zero-order valence-electron chi connectivity index (χ0n) is 24.4. The van der Waals surface area contributed by atoms with Crippen molar-refractivity contribution in [3.05, 3.63) is 65.7 Å². The fourth-order valence-electron chi connectivity index (χ4n) is 4.82. The Balaban J connectivity index is 1.46. The minimum absolute atomic E-state index is 0.166. The van der Waals surface area contributed by atoms with Crippen LogP contribution in [0.2, 0.25) is 0 Å². The molecule has 11 heteroatoms. The van der Waals surface area contributed by atoms with Crippen LogP contribution in [0.15, 0.2) is 54.6 Å². The second-order valence-corrected chi connectivity index (χ2v) is 11.0. The quantitative estimate of drug-likeness (QED) is 0.213. The van der Waals surface area contributed by atoms with Crippen molar-refractivity contribution in [2.45, 2.75) is 50.4 Å². The maximum atomic E-state index is 13.7. The summed E-state index contributed by atoms with van der Waals surface area (Å²) in [6, 6.07) is 13.8. The van der Waals surface area contributed by atoms with Gasteiger partial charge in [-0.25, -0.2) is 0 Å². The molecule has 3 amide bonds. The molecule has 0 saturated carbocycles. The first-order chi connectivity index (χ1) is 20.2. The van der Waals surface area contributed by atoms with Crippen molar-refractivity contribution in [3.63, 3.8) is 0 Å². The van der Waals surface area contributed by atoms with Crippen LogP contribution in [0.25, 0.3) is 0 Å². The summed E-state index contributed by atoms with van der Waals surface area (Å²) < 4.78 is 14.9. The molecule has 0 spiro atoms. The van der Waals surface area contributed by atoms with Gasteiger partial charge < -0.3 is 30.2 Å². The summed E-state index contributed by atoms with van der Waals surface area (Å²) in [5, 5.41) is 8.41. The molecule has 4 rings (SSSR count). The van der Waals surface area contributed by atoms with Crippen molar-refractivity contribution < 1.29 is 33.4 Å². The van der Waals surface area contributed by atoms with Crippen molar-refractivity contribution in [1.29, 1.82) is 0 Å². The van der Waals surface area contributed by atoms with Gasteiger partial charge in [0.25, 0.3) is 0 Å². The van der Waals surface area contributed by atoms with E-state index >= 15 is 0 Å². The number of rotatable bonds is 14. The van der Waals surface area contributed by atoms with Crippen molar-refractivity contribution in [2.75, 3.05) is 46.6 Å². The Morgan fingerprint density at radius 3 is 2.12 bits per heavy atom. The maximum Gasteiger partial charge on any atom is 0.243 e. The van der Waals surface area contributed by atoms with Gasteiger partial charge in [0.05, 0.1) is 39.4 Å². The van der Waals surface area contributed by atoms with Gasteiger partial charge >= 0.3 is 0 Å². The van der Waals surface area contributed by atoms with Crippen LogP contribution in [-0.4, -0.2) is 103 Å². The zero-order valence-corrected chi connectivity index (χ0v) is 24.4. The molecule has 2 aliphatic heterocycles. The van der Waals surface area contributed by atoms with E-state index in [0.29, 0.717) is 38.7 Å². The van der Waals surface area contributed by atoms with Crippen LogP contribution in [0.4, 0.5) is 0 Å². The molecule has 2 saturated heterocycles. The summed E-state index contributed by atoms with van der Waals surface area (Å²) >= 11 is 0. The lowest BCUT2D eigenvalue weighted by molar-refractivity contribution is -0.134. The molecule has 2 fully saturated rings. The number of nitrogens with one attached hydrogen (secondary N) is 3. The zero-order chi connectivity index (χ0) is 30.1. The Kier molecular flexibility index (Phi) is 10.7. The predicted octanol–water partition coefficient (Wildman–Crippen LogP) is 0.156. The van der Waals surface area contributed by atoms with Crippen molar-refractivity contribution in [1.82, 2.24) is 20.9 Å². The molecule has 0 bridgehead atoms. The van der Waals surface area contributed by atoms with Crippen molar-refractivity contribution in [2.24, 2.45) is 0 Å². The Labute approximate surface area is 246 Å². The summed E-state index contributed by atoms with van der Waals surface area (Å²) in [7, 11) is 1.57. The molecular weight excluding hydrogens is 540 g/mol. The number of amides is 3. The number of Topliss-reactive ketones (excluding diaryl/α,β-unsaturated/α-hetero) is 1. The van der Waals surface area contributed by atoms with Gasteiger partial charge in [0.1, 0.15) is 23.4 Å². The van der Waals surface area contributed by atoms with E-state index in [-0.39, 0.29) is 31.1 Å². The average molecular weight is 582 g/mol. The number of epoxide rings is 1. The molecule has 2 heterocycles. The smallest absolute Gasteiger partial charge is 0.243 e. The van der Waals surface area contributed by atoms with Crippen LogP contribution in [0, 0.1) is 0 Å². The Hall–Kier alpha value is -3.80. The molecule has 4 N–H and O–H groups in total. The fourth-order valence-corrected chi connectivity index (χ4v) is 4.82. The first-order valence-electron chi connectivity index (χ1n) is 14.3. The van der Waals surface area contributed by atoms with Crippen LogP contribution < -0.4 is 20.7 Å². The van der Waals surface area contributed by atoms with E-state index in [1.165, 1.54) is 0 Å². The van der Waals surface area contributed by atoms with Gasteiger partial charge in [-0.05, 0) is 43.5 Å². The van der Waals surface area contributed by atoms with E-state index < -0.39 is 35.5 Å². The highest BCUT2D eigenvalue weighted by Crippen LogP contribution is 2.29. The molecule has 3 unspecified atom stereocenters. The largest absolute Gasteiger partial charge is 0.497 e. The number of methoxy groups -OCH3 is 1. The topological polar surface area (TPSA) is 142 Å². The highest BCUT2D eigenvalue weighted by Gasteiger charge is 2.50. The van der Waals surface area contributed by atoms with Gasteiger partial charge in [-0.15, -0.1) is 0 Å². The van der Waals surface area contributed by atoms with Gasteiger partial charge in [0.15, 0.2) is 19.0 Å². The summed E-state index contributed by atoms with van der Waals surface area (Å²) in [6.07, 6.45) is 0.448.